The summed E-state index contributed by atoms with van der Waals surface area (Å²) in [6, 6.07) is 0. The molecular weight excluding hydrogens is 937 g/mol. The molecule has 0 aromatic heterocycles. The Bertz CT molecular complexity index is 1450. The van der Waals surface area contributed by atoms with E-state index in [1.54, 1.807) is 0 Å². The van der Waals surface area contributed by atoms with Crippen molar-refractivity contribution in [2.45, 2.75) is 329 Å². The molecule has 0 fully saturated rings. The van der Waals surface area contributed by atoms with E-state index in [0.717, 1.165) is 103 Å². The van der Waals surface area contributed by atoms with E-state index >= 15 is 0 Å². The average molecular weight is 1060 g/mol. The lowest BCUT2D eigenvalue weighted by Gasteiger charge is -2.18. The van der Waals surface area contributed by atoms with Crippen molar-refractivity contribution in [2.24, 2.45) is 0 Å². The molecule has 0 N–H and O–H groups in total. The van der Waals surface area contributed by atoms with E-state index in [0.29, 0.717) is 19.3 Å². The van der Waals surface area contributed by atoms with Crippen molar-refractivity contribution < 1.29 is 28.6 Å². The highest BCUT2D eigenvalue weighted by atomic mass is 16.6. The number of rotatable bonds is 59. The minimum absolute atomic E-state index is 0.0827. The van der Waals surface area contributed by atoms with Crippen LogP contribution in [0.5, 0.6) is 0 Å². The van der Waals surface area contributed by atoms with Crippen LogP contribution in [0.2, 0.25) is 0 Å². The fourth-order valence-corrected chi connectivity index (χ4v) is 9.23. The van der Waals surface area contributed by atoms with Gasteiger partial charge in [0.2, 0.25) is 0 Å². The van der Waals surface area contributed by atoms with Crippen molar-refractivity contribution in [1.29, 1.82) is 0 Å². The Morgan fingerprint density at radius 2 is 0.513 bits per heavy atom. The van der Waals surface area contributed by atoms with Crippen molar-refractivity contribution in [3.05, 3.63) is 85.1 Å². The second kappa shape index (κ2) is 64.1. The number of allylic oxidation sites excluding steroid dienone is 14. The summed E-state index contributed by atoms with van der Waals surface area (Å²) >= 11 is 0. The molecule has 0 amide bonds. The third kappa shape index (κ3) is 61.4. The highest BCUT2D eigenvalue weighted by molar-refractivity contribution is 5.71. The number of hydrogen-bond donors (Lipinski definition) is 0. The van der Waals surface area contributed by atoms with Crippen LogP contribution in [0, 0.1) is 0 Å². The van der Waals surface area contributed by atoms with Gasteiger partial charge in [-0.2, -0.15) is 0 Å². The molecule has 0 aromatic carbocycles. The van der Waals surface area contributed by atoms with E-state index < -0.39 is 6.10 Å². The summed E-state index contributed by atoms with van der Waals surface area (Å²) in [5, 5.41) is 0. The maximum absolute atomic E-state index is 12.9. The van der Waals surface area contributed by atoms with Crippen LogP contribution in [-0.4, -0.2) is 37.2 Å². The monoisotopic (exact) mass is 1060 g/mol. The molecule has 1 atom stereocenters. The van der Waals surface area contributed by atoms with Gasteiger partial charge in [0, 0.05) is 19.3 Å². The smallest absolute Gasteiger partial charge is 0.306 e. The molecule has 0 aliphatic rings. The summed E-state index contributed by atoms with van der Waals surface area (Å²) in [6.45, 7) is 6.54. The van der Waals surface area contributed by atoms with Gasteiger partial charge in [-0.15, -0.1) is 0 Å². The Hall–Kier alpha value is -3.41. The largest absolute Gasteiger partial charge is 0.462 e. The van der Waals surface area contributed by atoms with Gasteiger partial charge in [0.25, 0.3) is 0 Å². The lowest BCUT2D eigenvalue weighted by molar-refractivity contribution is -0.167. The van der Waals surface area contributed by atoms with Crippen LogP contribution in [0.4, 0.5) is 0 Å². The molecule has 6 heteroatoms. The fourth-order valence-electron chi connectivity index (χ4n) is 9.23. The molecule has 0 rings (SSSR count). The third-order valence-electron chi connectivity index (χ3n) is 14.1. The predicted octanol–water partition coefficient (Wildman–Crippen LogP) is 22.3. The summed E-state index contributed by atoms with van der Waals surface area (Å²) in [5.74, 6) is -0.887. The minimum atomic E-state index is -0.786. The molecule has 6 nitrogen and oxygen atoms in total. The second-order valence-corrected chi connectivity index (χ2v) is 21.6. The fraction of sp³-hybridized carbons (Fsp3) is 0.757. The van der Waals surface area contributed by atoms with Gasteiger partial charge in [-0.25, -0.2) is 0 Å². The van der Waals surface area contributed by atoms with Gasteiger partial charge in [0.15, 0.2) is 6.10 Å². The lowest BCUT2D eigenvalue weighted by Crippen LogP contribution is -2.30. The van der Waals surface area contributed by atoms with Crippen molar-refractivity contribution in [3.63, 3.8) is 0 Å². The normalized spacial score (nSPS) is 12.6. The molecular formula is C70H122O6. The molecule has 0 aliphatic carbocycles. The average Bonchev–Trinajstić information content (AvgIpc) is 3.42. The molecule has 0 saturated carbocycles. The summed E-state index contributed by atoms with van der Waals surface area (Å²) in [6.07, 6.45) is 84.4. The Labute approximate surface area is 471 Å². The van der Waals surface area contributed by atoms with E-state index in [-0.39, 0.29) is 31.1 Å². The van der Waals surface area contributed by atoms with Crippen LogP contribution in [0.1, 0.15) is 323 Å². The number of esters is 3. The Balaban J connectivity index is 4.36. The quantitative estimate of drug-likeness (QED) is 0.0261. The van der Waals surface area contributed by atoms with E-state index in [1.165, 1.54) is 180 Å². The first kappa shape index (κ1) is 72.6. The molecule has 76 heavy (non-hydrogen) atoms. The lowest BCUT2D eigenvalue weighted by atomic mass is 10.1. The number of hydrogen-bond acceptors (Lipinski definition) is 6. The van der Waals surface area contributed by atoms with E-state index in [1.807, 2.05) is 0 Å². The number of carbonyl (C=O) groups excluding carboxylic acids is 3. The van der Waals surface area contributed by atoms with Gasteiger partial charge >= 0.3 is 17.9 Å². The molecule has 1 unspecified atom stereocenters. The Morgan fingerprint density at radius 1 is 0.276 bits per heavy atom. The number of ether oxygens (including phenoxy) is 3. The molecule has 438 valence electrons. The van der Waals surface area contributed by atoms with Crippen LogP contribution in [0.3, 0.4) is 0 Å². The van der Waals surface area contributed by atoms with Crippen LogP contribution < -0.4 is 0 Å². The van der Waals surface area contributed by atoms with E-state index in [9.17, 15) is 14.4 Å². The van der Waals surface area contributed by atoms with Gasteiger partial charge in [0.1, 0.15) is 13.2 Å². The minimum Gasteiger partial charge on any atom is -0.462 e. The van der Waals surface area contributed by atoms with Crippen LogP contribution in [-0.2, 0) is 28.6 Å². The molecule has 0 saturated heterocycles. The van der Waals surface area contributed by atoms with Gasteiger partial charge < -0.3 is 14.2 Å². The molecule has 0 spiro atoms. The topological polar surface area (TPSA) is 78.9 Å². The third-order valence-corrected chi connectivity index (χ3v) is 14.1. The molecule has 0 aliphatic heterocycles. The number of carbonyl (C=O) groups is 3. The van der Waals surface area contributed by atoms with Crippen molar-refractivity contribution >= 4 is 17.9 Å². The molecule has 0 bridgehead atoms. The highest BCUT2D eigenvalue weighted by Crippen LogP contribution is 2.16. The summed E-state index contributed by atoms with van der Waals surface area (Å²) in [5.41, 5.74) is 0. The first-order valence-corrected chi connectivity index (χ1v) is 32.6. The van der Waals surface area contributed by atoms with Crippen molar-refractivity contribution in [1.82, 2.24) is 0 Å². The van der Waals surface area contributed by atoms with E-state index in [4.69, 9.17) is 14.2 Å². The van der Waals surface area contributed by atoms with Gasteiger partial charge in [-0.3, -0.25) is 14.4 Å². The zero-order valence-electron chi connectivity index (χ0n) is 50.3. The number of unbranched alkanes of at least 4 members (excludes halogenated alkanes) is 34. The maximum Gasteiger partial charge on any atom is 0.306 e. The second-order valence-electron chi connectivity index (χ2n) is 21.6. The highest BCUT2D eigenvalue weighted by Gasteiger charge is 2.19. The zero-order valence-corrected chi connectivity index (χ0v) is 50.3. The van der Waals surface area contributed by atoms with Gasteiger partial charge in [-0.05, 0) is 116 Å². The van der Waals surface area contributed by atoms with E-state index in [2.05, 4.69) is 106 Å². The Morgan fingerprint density at radius 3 is 0.816 bits per heavy atom. The van der Waals surface area contributed by atoms with Crippen LogP contribution in [0.15, 0.2) is 85.1 Å². The van der Waals surface area contributed by atoms with Crippen LogP contribution in [0.25, 0.3) is 0 Å². The molecule has 0 heterocycles. The predicted molar refractivity (Wildman–Crippen MR) is 330 cm³/mol. The molecule has 0 radical (unpaired) electrons. The standard InChI is InChI=1S/C70H122O6/c1-4-7-10-13-16-19-22-25-28-31-32-33-34-35-36-37-38-40-42-45-48-51-54-57-60-63-69(72)75-66-67(65-74-68(71)62-59-56-53-50-47-44-41-30-27-24-21-18-15-12-9-6-3)76-70(73)64-61-58-55-52-49-46-43-39-29-26-23-20-17-14-11-8-5-2/h7,10,16,19,25-26,28-30,32-33,35-36,41,67H,4-6,8-9,11-15,17-18,20-24,27,31,34,37-40,42-66H2,1-3H3/b10-7-,19-16-,28-25-,29-26-,33-32-,36-35-,41-30-. The van der Waals surface area contributed by atoms with Gasteiger partial charge in [0.05, 0.1) is 0 Å². The molecule has 0 aromatic rings. The summed E-state index contributed by atoms with van der Waals surface area (Å²) in [7, 11) is 0. The maximum atomic E-state index is 12.9. The Kier molecular flexibility index (Phi) is 61.2. The van der Waals surface area contributed by atoms with Crippen molar-refractivity contribution in [2.75, 3.05) is 13.2 Å². The summed E-state index contributed by atoms with van der Waals surface area (Å²) in [4.78, 5) is 38.3. The van der Waals surface area contributed by atoms with Gasteiger partial charge in [-0.1, -0.05) is 273 Å². The van der Waals surface area contributed by atoms with Crippen LogP contribution >= 0.6 is 0 Å². The SMILES string of the molecule is CC/C=C\C/C=C\C/C=C\C/C=C\C/C=C\CCCCCCCCCCCC(=O)OCC(COC(=O)CCCCCCC/C=C\CCCCCCCCC)OC(=O)CCCCCCCCC/C=C\CCCCCCCC. The van der Waals surface area contributed by atoms with Crippen molar-refractivity contribution in [3.8, 4) is 0 Å². The summed E-state index contributed by atoms with van der Waals surface area (Å²) < 4.78 is 16.9. The first-order chi connectivity index (χ1) is 37.5. The zero-order chi connectivity index (χ0) is 55.0. The first-order valence-electron chi connectivity index (χ1n) is 32.6.